The number of halogens is 7. The van der Waals surface area contributed by atoms with E-state index in [9.17, 15) is 30.5 Å². The largest absolute Gasteiger partial charge is 1.00 e. The van der Waals surface area contributed by atoms with Gasteiger partial charge < -0.3 is 17.7 Å². The molecule has 0 unspecified atom stereocenters. The van der Waals surface area contributed by atoms with Crippen LogP contribution in [0.1, 0.15) is 5.56 Å². The Morgan fingerprint density at radius 2 is 1.67 bits per heavy atom. The molecule has 1 aromatic rings. The Kier molecular flexibility index (Phi) is 6.68. The number of alkyl halides is 3. The smallest absolute Gasteiger partial charge is 0.522 e. The fourth-order valence-corrected chi connectivity index (χ4v) is 1.00. The topological polar surface area (TPSA) is 9.23 Å². The third kappa shape index (κ3) is 5.91. The summed E-state index contributed by atoms with van der Waals surface area (Å²) in [5, 5.41) is 0. The van der Waals surface area contributed by atoms with Crippen LogP contribution in [0.3, 0.4) is 0 Å². The van der Waals surface area contributed by atoms with E-state index >= 15 is 0 Å². The Morgan fingerprint density at radius 1 is 1.11 bits per heavy atom. The van der Waals surface area contributed by atoms with Crippen LogP contribution in [0.25, 0.3) is 0 Å². The van der Waals surface area contributed by atoms with E-state index in [4.69, 9.17) is 0 Å². The molecular weight excluding hydrogens is 295 g/mol. The van der Waals surface area contributed by atoms with Crippen LogP contribution in [0, 0.1) is 5.82 Å². The van der Waals surface area contributed by atoms with Crippen molar-refractivity contribution in [3.63, 3.8) is 0 Å². The van der Waals surface area contributed by atoms with Gasteiger partial charge in [0.15, 0.2) is 0 Å². The maximum Gasteiger partial charge on any atom is 1.00 e. The van der Waals surface area contributed by atoms with Gasteiger partial charge >= 0.3 is 64.5 Å². The van der Waals surface area contributed by atoms with Gasteiger partial charge in [-0.05, 0) is 18.2 Å². The van der Waals surface area contributed by atoms with E-state index in [0.29, 0.717) is 12.1 Å². The van der Waals surface area contributed by atoms with E-state index in [2.05, 4.69) is 4.74 Å². The molecule has 0 saturated carbocycles. The van der Waals surface area contributed by atoms with E-state index in [1.165, 1.54) is 0 Å². The Bertz CT molecular complexity index is 403. The first-order valence-electron chi connectivity index (χ1n) is 4.30. The second-order valence-corrected chi connectivity index (χ2v) is 3.16. The Labute approximate surface area is 140 Å². The fourth-order valence-electron chi connectivity index (χ4n) is 1.00. The van der Waals surface area contributed by atoms with Gasteiger partial charge in [-0.2, -0.15) is 13.2 Å². The van der Waals surface area contributed by atoms with Crippen LogP contribution < -0.4 is 56.1 Å². The monoisotopic (exact) mass is 300 g/mol. The summed E-state index contributed by atoms with van der Waals surface area (Å²) in [5.41, 5.74) is -1.66. The van der Waals surface area contributed by atoms with E-state index in [-0.39, 0.29) is 57.5 Å². The van der Waals surface area contributed by atoms with Gasteiger partial charge in [0, 0.05) is 0 Å². The van der Waals surface area contributed by atoms with Crippen LogP contribution in [-0.2, 0) is 6.18 Å². The normalized spacial score (nSPS) is 11.9. The van der Waals surface area contributed by atoms with Crippen LogP contribution >= 0.6 is 0 Å². The first-order chi connectivity index (χ1) is 7.59. The van der Waals surface area contributed by atoms with Crippen LogP contribution in [0.4, 0.5) is 30.5 Å². The van der Waals surface area contributed by atoms with Gasteiger partial charge in [0.1, 0.15) is 11.6 Å². The van der Waals surface area contributed by atoms with Crippen molar-refractivity contribution in [3.05, 3.63) is 29.6 Å². The summed E-state index contributed by atoms with van der Waals surface area (Å²) in [7, 11) is 0. The summed E-state index contributed by atoms with van der Waals surface area (Å²) < 4.78 is 88.8. The van der Waals surface area contributed by atoms with Crippen molar-refractivity contribution in [2.75, 3.05) is 6.51 Å². The molecule has 0 amide bonds. The first-order valence-corrected chi connectivity index (χ1v) is 4.30. The molecule has 0 fully saturated rings. The van der Waals surface area contributed by atoms with E-state index < -0.39 is 36.8 Å². The molecule has 0 radical (unpaired) electrons. The van der Waals surface area contributed by atoms with Gasteiger partial charge in [0.2, 0.25) is 0 Å². The Morgan fingerprint density at radius 3 is 2.11 bits per heavy atom. The number of rotatable bonds is 3. The quantitative estimate of drug-likeness (QED) is 0.587. The minimum absolute atomic E-state index is 0. The predicted octanol–water partition coefficient (Wildman–Crippen LogP) is 0.614. The second-order valence-electron chi connectivity index (χ2n) is 3.16. The van der Waals surface area contributed by atoms with Gasteiger partial charge in [-0.25, -0.2) is 4.39 Å². The predicted molar refractivity (Wildman–Crippen MR) is 46.0 cm³/mol. The Balaban J connectivity index is 0.00000289. The molecule has 1 aromatic carbocycles. The average Bonchev–Trinajstić information content (AvgIpc) is 2.13. The van der Waals surface area contributed by atoms with Crippen LogP contribution in [-0.4, -0.2) is 13.5 Å². The zero-order valence-corrected chi connectivity index (χ0v) is 12.2. The van der Waals surface area contributed by atoms with Crippen molar-refractivity contribution in [3.8, 4) is 5.75 Å². The summed E-state index contributed by atoms with van der Waals surface area (Å²) in [5.74, 6) is -2.25. The molecule has 18 heavy (non-hydrogen) atoms. The standard InChI is InChI=1S/C8H5BF7O.K/c10-7-2-1-5(17-4-9(14,15)16)3-6(7)8(11,12)13;/h1-3H,4H2;/q-1;+1. The number of benzene rings is 1. The molecular formula is C8H5BF7KO. The second kappa shape index (κ2) is 6.60. The number of hydrogen-bond acceptors (Lipinski definition) is 1. The van der Waals surface area contributed by atoms with E-state index in [1.807, 2.05) is 0 Å². The van der Waals surface area contributed by atoms with Crippen LogP contribution in [0.5, 0.6) is 5.75 Å². The average molecular weight is 300 g/mol. The van der Waals surface area contributed by atoms with Crippen molar-refractivity contribution in [2.45, 2.75) is 6.18 Å². The zero-order valence-electron chi connectivity index (χ0n) is 9.07. The number of hydrogen-bond donors (Lipinski definition) is 0. The first kappa shape index (κ1) is 18.2. The summed E-state index contributed by atoms with van der Waals surface area (Å²) in [6.45, 7) is -6.95. The van der Waals surface area contributed by atoms with Crippen molar-refractivity contribution in [1.29, 1.82) is 0 Å². The fraction of sp³-hybridized carbons (Fsp3) is 0.250. The van der Waals surface area contributed by atoms with Crippen molar-refractivity contribution >= 4 is 6.98 Å². The summed E-state index contributed by atoms with van der Waals surface area (Å²) in [4.78, 5) is 0. The Hall–Kier alpha value is 0.231. The molecule has 0 aliphatic rings. The molecule has 1 nitrogen and oxygen atoms in total. The maximum absolute atomic E-state index is 12.7. The third-order valence-corrected chi connectivity index (χ3v) is 1.68. The molecule has 96 valence electrons. The molecule has 0 aliphatic carbocycles. The third-order valence-electron chi connectivity index (χ3n) is 1.68. The van der Waals surface area contributed by atoms with Crippen LogP contribution in [0.15, 0.2) is 18.2 Å². The van der Waals surface area contributed by atoms with E-state index in [0.717, 1.165) is 0 Å². The molecule has 0 aromatic heterocycles. The van der Waals surface area contributed by atoms with Crippen LogP contribution in [0.2, 0.25) is 0 Å². The molecule has 0 bridgehead atoms. The zero-order chi connectivity index (χ0) is 13.3. The van der Waals surface area contributed by atoms with Gasteiger partial charge in [0.05, 0.1) is 12.1 Å². The minimum atomic E-state index is -5.28. The maximum atomic E-state index is 12.7. The molecule has 0 atom stereocenters. The van der Waals surface area contributed by atoms with Gasteiger partial charge in [-0.15, -0.1) is 0 Å². The minimum Gasteiger partial charge on any atom is -0.522 e. The summed E-state index contributed by atoms with van der Waals surface area (Å²) in [6, 6.07) is 1.30. The van der Waals surface area contributed by atoms with Crippen molar-refractivity contribution < 1.29 is 86.6 Å². The van der Waals surface area contributed by atoms with Gasteiger partial charge in [-0.3, -0.25) is 0 Å². The van der Waals surface area contributed by atoms with Crippen molar-refractivity contribution in [2.24, 2.45) is 0 Å². The molecule has 0 aliphatic heterocycles. The molecule has 0 heterocycles. The van der Waals surface area contributed by atoms with Gasteiger partial charge in [0.25, 0.3) is 0 Å². The summed E-state index contributed by atoms with van der Waals surface area (Å²) >= 11 is 0. The summed E-state index contributed by atoms with van der Waals surface area (Å²) in [6.07, 6.45) is -4.98. The molecule has 10 heteroatoms. The van der Waals surface area contributed by atoms with E-state index in [1.54, 1.807) is 0 Å². The van der Waals surface area contributed by atoms with Crippen molar-refractivity contribution in [1.82, 2.24) is 0 Å². The molecule has 0 N–H and O–H groups in total. The number of ether oxygens (including phenoxy) is 1. The molecule has 0 spiro atoms. The molecule has 0 saturated heterocycles. The SMILES string of the molecule is Fc1ccc(OC[B-](F)(F)F)cc1C(F)(F)F.[K+]. The molecule has 1 rings (SSSR count). The van der Waals surface area contributed by atoms with Gasteiger partial charge in [-0.1, -0.05) is 0 Å².